The van der Waals surface area contributed by atoms with Crippen molar-refractivity contribution >= 4 is 46.1 Å². The van der Waals surface area contributed by atoms with Gasteiger partial charge in [0.25, 0.3) is 23.6 Å². The molecule has 0 bridgehead atoms. The molecular formula is C44H47N13O4. The van der Waals surface area contributed by atoms with Crippen molar-refractivity contribution in [3.63, 3.8) is 0 Å². The molecule has 0 fully saturated rings. The third-order valence-electron chi connectivity index (χ3n) is 11.4. The van der Waals surface area contributed by atoms with Crippen molar-refractivity contribution in [3.8, 4) is 0 Å². The fraction of sp³-hybridized carbons (Fsp3) is 0.295. The third-order valence-corrected chi connectivity index (χ3v) is 11.4. The second kappa shape index (κ2) is 16.3. The number of fused-ring (bicyclic) bond motifs is 12. The van der Waals surface area contributed by atoms with Crippen LogP contribution in [-0.4, -0.2) is 112 Å². The summed E-state index contributed by atoms with van der Waals surface area (Å²) in [5.74, 6) is 0.368. The zero-order chi connectivity index (χ0) is 41.7. The van der Waals surface area contributed by atoms with E-state index in [0.29, 0.717) is 24.5 Å². The van der Waals surface area contributed by atoms with E-state index in [1.807, 2.05) is 112 Å². The van der Waals surface area contributed by atoms with Gasteiger partial charge in [-0.05, 0) is 64.1 Å². The molecule has 17 nitrogen and oxygen atoms in total. The molecule has 12 heterocycles. The number of imidazole rings is 1. The molecule has 61 heavy (non-hydrogen) atoms. The van der Waals surface area contributed by atoms with Gasteiger partial charge in [-0.25, -0.2) is 14.5 Å². The topological polar surface area (TPSA) is 163 Å². The average molecular weight is 822 g/mol. The van der Waals surface area contributed by atoms with E-state index >= 15 is 0 Å². The maximum absolute atomic E-state index is 12.0. The number of pyridine rings is 4. The number of carbonyl (C=O) groups excluding carboxylic acids is 4. The molecule has 0 aliphatic carbocycles. The van der Waals surface area contributed by atoms with Gasteiger partial charge in [0.1, 0.15) is 41.1 Å². The molecule has 0 spiro atoms. The van der Waals surface area contributed by atoms with Gasteiger partial charge >= 0.3 is 0 Å². The van der Waals surface area contributed by atoms with Crippen molar-refractivity contribution < 1.29 is 19.2 Å². The van der Waals surface area contributed by atoms with E-state index in [1.54, 1.807) is 26.3 Å². The van der Waals surface area contributed by atoms with Gasteiger partial charge < -0.3 is 24.0 Å². The molecule has 0 saturated carbocycles. The van der Waals surface area contributed by atoms with E-state index < -0.39 is 0 Å². The second-order valence-corrected chi connectivity index (χ2v) is 14.7. The molecular weight excluding hydrogens is 775 g/mol. The smallest absolute Gasteiger partial charge is 0.273 e. The lowest BCUT2D eigenvalue weighted by Crippen LogP contribution is -2.24. The molecule has 312 valence electrons. The summed E-state index contributed by atoms with van der Waals surface area (Å²) in [6.07, 6.45) is 8.57. The van der Waals surface area contributed by atoms with Crippen LogP contribution in [0, 0.1) is 0 Å². The first-order valence-corrected chi connectivity index (χ1v) is 20.1. The molecule has 8 aromatic heterocycles. The summed E-state index contributed by atoms with van der Waals surface area (Å²) in [6, 6.07) is 19.7. The van der Waals surface area contributed by atoms with Crippen LogP contribution in [-0.2, 0) is 26.2 Å². The Labute approximate surface area is 351 Å². The molecule has 17 heteroatoms. The van der Waals surface area contributed by atoms with Crippen molar-refractivity contribution in [1.29, 1.82) is 0 Å². The van der Waals surface area contributed by atoms with Crippen LogP contribution in [0.5, 0.6) is 0 Å². The van der Waals surface area contributed by atoms with E-state index in [-0.39, 0.29) is 31.1 Å². The first-order chi connectivity index (χ1) is 29.2. The third kappa shape index (κ3) is 6.80. The van der Waals surface area contributed by atoms with Crippen molar-refractivity contribution in [3.05, 3.63) is 137 Å². The van der Waals surface area contributed by atoms with Gasteiger partial charge in [-0.3, -0.25) is 28.0 Å². The van der Waals surface area contributed by atoms with Crippen molar-refractivity contribution in [2.24, 2.45) is 0 Å². The molecule has 0 atom stereocenters. The Hall–Kier alpha value is -7.43. The van der Waals surface area contributed by atoms with Crippen LogP contribution in [0.1, 0.15) is 99.3 Å². The molecule has 0 unspecified atom stereocenters. The molecule has 0 radical (unpaired) electrons. The predicted octanol–water partition coefficient (Wildman–Crippen LogP) is 5.27. The van der Waals surface area contributed by atoms with E-state index in [4.69, 9.17) is 0 Å². The first kappa shape index (κ1) is 40.4. The highest BCUT2D eigenvalue weighted by Crippen LogP contribution is 2.26. The number of nitrogens with zero attached hydrogens (tertiary/aromatic N) is 13. The summed E-state index contributed by atoms with van der Waals surface area (Å²) in [5.41, 5.74) is 10.6. The van der Waals surface area contributed by atoms with Crippen LogP contribution in [0.3, 0.4) is 0 Å². The minimum atomic E-state index is 0. The largest absolute Gasteiger partial charge is 0.333 e. The number of hydrogen-bond donors (Lipinski definition) is 0. The highest BCUT2D eigenvalue weighted by molar-refractivity contribution is 5.99. The number of hydrogen-bond acceptors (Lipinski definition) is 9. The Kier molecular flexibility index (Phi) is 10.8. The quantitative estimate of drug-likeness (QED) is 0.230. The summed E-state index contributed by atoms with van der Waals surface area (Å²) in [5, 5.41) is 11.8. The van der Waals surface area contributed by atoms with Gasteiger partial charge in [0.15, 0.2) is 11.3 Å². The lowest BCUT2D eigenvalue weighted by molar-refractivity contribution is 0.0773. The van der Waals surface area contributed by atoms with E-state index in [0.717, 1.165) is 95.4 Å². The number of amides is 4. The van der Waals surface area contributed by atoms with Crippen molar-refractivity contribution in [2.75, 3.05) is 26.2 Å². The Balaban J connectivity index is 0.000000112. The second-order valence-electron chi connectivity index (χ2n) is 14.7. The molecule has 0 N–H and O–H groups in total. The Morgan fingerprint density at radius 1 is 0.508 bits per heavy atom. The summed E-state index contributed by atoms with van der Waals surface area (Å²) in [7, 11) is 0. The fourth-order valence-electron chi connectivity index (χ4n) is 8.24. The average Bonchev–Trinajstić information content (AvgIpc) is 4.13. The lowest BCUT2D eigenvalue weighted by Gasteiger charge is -2.10. The van der Waals surface area contributed by atoms with Gasteiger partial charge in [0.05, 0.1) is 0 Å². The minimum absolute atomic E-state index is 0. The summed E-state index contributed by atoms with van der Waals surface area (Å²) in [4.78, 5) is 63.6. The maximum Gasteiger partial charge on any atom is 0.273 e. The normalized spacial score (nSPS) is 14.8. The Bertz CT molecular complexity index is 2580. The molecule has 0 saturated heterocycles. The molecule has 0 aromatic carbocycles. The molecule has 4 aliphatic rings. The predicted molar refractivity (Wildman–Crippen MR) is 227 cm³/mol. The fourth-order valence-corrected chi connectivity index (χ4v) is 8.24. The maximum atomic E-state index is 12.0. The summed E-state index contributed by atoms with van der Waals surface area (Å²) >= 11 is 0. The van der Waals surface area contributed by atoms with E-state index in [1.165, 1.54) is 6.33 Å². The number of carbonyl (C=O) groups is 4. The molecule has 8 aromatic rings. The number of rotatable bonds is 4. The van der Waals surface area contributed by atoms with Crippen LogP contribution in [0.2, 0.25) is 0 Å². The van der Waals surface area contributed by atoms with Gasteiger partial charge in [0, 0.05) is 98.7 Å². The standard InChI is InChI=1S/C12H12N2O.C11H11N3O.2C10H10N4O.CH4/c1-2-13-8-9-5-6-10-4-3-7-14(10)11(9)12(13)15;1-2-13-7-8-3-4-9-12-5-6-14(9)10(8)11(13)15;1-2-13-5-7-3-4-8-12-11-6-14(8)9(7)10(13)15;1-2-13-5-7-3-4-8-11-6-12-14(8)9(7)10(13)15;/h3-7H,2,8H2,1H3;3-6H,2,7H2,1H3;2*3-4,6H,2,5H2,1H3;1H4. The Morgan fingerprint density at radius 2 is 1.00 bits per heavy atom. The van der Waals surface area contributed by atoms with Crippen molar-refractivity contribution in [2.45, 2.75) is 61.3 Å². The van der Waals surface area contributed by atoms with Crippen LogP contribution in [0.25, 0.3) is 22.5 Å². The van der Waals surface area contributed by atoms with Crippen LogP contribution in [0.4, 0.5) is 0 Å². The zero-order valence-electron chi connectivity index (χ0n) is 33.8. The SMILES string of the molecule is C.CCN1Cc2ccc3cccn3c2C1=O.CCN1Cc2ccc3nccn3c2C1=O.CCN1Cc2ccc3ncnn3c2C1=O.CCN1Cc2ccc3nncn3c2C1=O. The van der Waals surface area contributed by atoms with Gasteiger partial charge in [-0.2, -0.15) is 5.10 Å². The first-order valence-electron chi connectivity index (χ1n) is 20.1. The number of aromatic nitrogens is 9. The highest BCUT2D eigenvalue weighted by atomic mass is 16.2. The van der Waals surface area contributed by atoms with Gasteiger partial charge in [-0.1, -0.05) is 31.7 Å². The molecule has 4 amide bonds. The van der Waals surface area contributed by atoms with Crippen LogP contribution in [0.15, 0.2) is 91.9 Å². The minimum Gasteiger partial charge on any atom is -0.333 e. The van der Waals surface area contributed by atoms with E-state index in [2.05, 4.69) is 37.4 Å². The molecule has 4 aliphatic heterocycles. The van der Waals surface area contributed by atoms with E-state index in [9.17, 15) is 19.2 Å². The summed E-state index contributed by atoms with van der Waals surface area (Å²) < 4.78 is 7.22. The zero-order valence-corrected chi connectivity index (χ0v) is 33.8. The van der Waals surface area contributed by atoms with Crippen molar-refractivity contribution in [1.82, 2.24) is 62.6 Å². The Morgan fingerprint density at radius 3 is 1.59 bits per heavy atom. The monoisotopic (exact) mass is 821 g/mol. The van der Waals surface area contributed by atoms with Gasteiger partial charge in [-0.15, -0.1) is 10.2 Å². The lowest BCUT2D eigenvalue weighted by atomic mass is 10.2. The van der Waals surface area contributed by atoms with Gasteiger partial charge in [0.2, 0.25) is 0 Å². The van der Waals surface area contributed by atoms with Crippen LogP contribution < -0.4 is 0 Å². The van der Waals surface area contributed by atoms with Crippen LogP contribution >= 0.6 is 0 Å². The molecule has 12 rings (SSSR count). The highest BCUT2D eigenvalue weighted by Gasteiger charge is 2.31. The summed E-state index contributed by atoms with van der Waals surface area (Å²) in [6.45, 7) is 13.8.